The second kappa shape index (κ2) is 8.48. The Kier molecular flexibility index (Phi) is 5.57. The summed E-state index contributed by atoms with van der Waals surface area (Å²) in [7, 11) is 0. The second-order valence-electron chi connectivity index (χ2n) is 9.06. The molecule has 2 saturated heterocycles. The van der Waals surface area contributed by atoms with E-state index in [0.717, 1.165) is 50.9 Å². The molecule has 158 valence electrons. The fraction of sp³-hybridized carbons (Fsp3) is 0.520. The summed E-state index contributed by atoms with van der Waals surface area (Å²) in [5, 5.41) is 10.1. The van der Waals surface area contributed by atoms with Gasteiger partial charge in [0, 0.05) is 49.4 Å². The van der Waals surface area contributed by atoms with E-state index in [1.807, 2.05) is 24.5 Å². The van der Waals surface area contributed by atoms with Crippen LogP contribution in [-0.4, -0.2) is 64.1 Å². The molecule has 1 N–H and O–H groups in total. The predicted molar refractivity (Wildman–Crippen MR) is 117 cm³/mol. The first-order valence-corrected chi connectivity index (χ1v) is 11.4. The Balaban J connectivity index is 1.37. The van der Waals surface area contributed by atoms with Crippen LogP contribution in [0.3, 0.4) is 0 Å². The molecule has 3 aliphatic rings. The van der Waals surface area contributed by atoms with Gasteiger partial charge in [0.2, 0.25) is 5.91 Å². The number of nitrogens with zero attached hydrogens (tertiary/aromatic N) is 3. The summed E-state index contributed by atoms with van der Waals surface area (Å²) < 4.78 is 0. The number of carbonyl (C=O) groups is 1. The van der Waals surface area contributed by atoms with Crippen LogP contribution in [-0.2, 0) is 4.79 Å². The molecule has 1 saturated carbocycles. The molecule has 1 aromatic carbocycles. The number of rotatable bonds is 4. The molecule has 0 unspecified atom stereocenters. The Hall–Kier alpha value is -2.24. The SMILES string of the molecule is O=C(C1CCC1)N1CCCCN2[C@H](CO)[C@@H](c3ccc(-c4ccncc4)cc3)[C@H]2C1. The van der Waals surface area contributed by atoms with Gasteiger partial charge in [-0.05, 0) is 61.1 Å². The quantitative estimate of drug-likeness (QED) is 0.848. The van der Waals surface area contributed by atoms with Crippen LogP contribution in [0.5, 0.6) is 0 Å². The number of aromatic nitrogens is 1. The standard InChI is InChI=1S/C25H31N3O2/c29-17-23-24(20-8-6-18(7-9-20)19-10-12-26-13-11-19)22-16-27(14-1-2-15-28(22)23)25(30)21-4-3-5-21/h6-13,21-24,29H,1-5,14-17H2/t22-,23-,24+/m1/s1. The number of aliphatic hydroxyl groups excluding tert-OH is 1. The largest absolute Gasteiger partial charge is 0.395 e. The summed E-state index contributed by atoms with van der Waals surface area (Å²) in [5.41, 5.74) is 3.61. The number of benzene rings is 1. The summed E-state index contributed by atoms with van der Waals surface area (Å²) in [6, 6.07) is 13.3. The maximum atomic E-state index is 13.0. The van der Waals surface area contributed by atoms with E-state index in [4.69, 9.17) is 0 Å². The van der Waals surface area contributed by atoms with Gasteiger partial charge in [-0.3, -0.25) is 14.7 Å². The van der Waals surface area contributed by atoms with Crippen LogP contribution < -0.4 is 0 Å². The van der Waals surface area contributed by atoms with Gasteiger partial charge in [-0.15, -0.1) is 0 Å². The molecule has 30 heavy (non-hydrogen) atoms. The molecule has 3 fully saturated rings. The maximum absolute atomic E-state index is 13.0. The Bertz CT molecular complexity index is 866. The van der Waals surface area contributed by atoms with E-state index in [0.29, 0.717) is 11.9 Å². The molecule has 1 aromatic heterocycles. The van der Waals surface area contributed by atoms with E-state index in [1.54, 1.807) is 0 Å². The Morgan fingerprint density at radius 3 is 2.33 bits per heavy atom. The molecule has 0 spiro atoms. The van der Waals surface area contributed by atoms with E-state index in [9.17, 15) is 9.90 Å². The number of pyridine rings is 1. The van der Waals surface area contributed by atoms with Crippen LogP contribution >= 0.6 is 0 Å². The molecule has 2 aromatic rings. The molecular weight excluding hydrogens is 374 g/mol. The third-order valence-electron chi connectivity index (χ3n) is 7.45. The Morgan fingerprint density at radius 2 is 1.67 bits per heavy atom. The molecule has 3 atom stereocenters. The second-order valence-corrected chi connectivity index (χ2v) is 9.06. The number of aliphatic hydroxyl groups is 1. The number of hydrogen-bond donors (Lipinski definition) is 1. The van der Waals surface area contributed by atoms with Crippen LogP contribution in [0, 0.1) is 5.92 Å². The molecular formula is C25H31N3O2. The van der Waals surface area contributed by atoms with Crippen molar-refractivity contribution in [1.82, 2.24) is 14.8 Å². The molecule has 2 aliphatic heterocycles. The Morgan fingerprint density at radius 1 is 0.967 bits per heavy atom. The van der Waals surface area contributed by atoms with E-state index in [-0.39, 0.29) is 24.5 Å². The molecule has 5 rings (SSSR count). The first-order valence-electron chi connectivity index (χ1n) is 11.4. The fourth-order valence-electron chi connectivity index (χ4n) is 5.50. The summed E-state index contributed by atoms with van der Waals surface area (Å²) >= 11 is 0. The first-order chi connectivity index (χ1) is 14.8. The topological polar surface area (TPSA) is 56.7 Å². The van der Waals surface area contributed by atoms with Gasteiger partial charge >= 0.3 is 0 Å². The van der Waals surface area contributed by atoms with Crippen molar-refractivity contribution in [2.24, 2.45) is 5.92 Å². The van der Waals surface area contributed by atoms with Crippen molar-refractivity contribution in [3.8, 4) is 11.1 Å². The minimum Gasteiger partial charge on any atom is -0.395 e. The van der Waals surface area contributed by atoms with Gasteiger partial charge in [0.15, 0.2) is 0 Å². The lowest BCUT2D eigenvalue weighted by Gasteiger charge is -2.57. The van der Waals surface area contributed by atoms with Crippen molar-refractivity contribution < 1.29 is 9.90 Å². The lowest BCUT2D eigenvalue weighted by molar-refractivity contribution is -0.143. The summed E-state index contributed by atoms with van der Waals surface area (Å²) in [6.07, 6.45) is 9.10. The highest BCUT2D eigenvalue weighted by Gasteiger charge is 2.49. The monoisotopic (exact) mass is 405 g/mol. The van der Waals surface area contributed by atoms with Gasteiger partial charge < -0.3 is 10.0 Å². The highest BCUT2D eigenvalue weighted by Crippen LogP contribution is 2.42. The Labute approximate surface area is 178 Å². The van der Waals surface area contributed by atoms with Crippen molar-refractivity contribution in [2.75, 3.05) is 26.2 Å². The highest BCUT2D eigenvalue weighted by molar-refractivity contribution is 5.79. The molecule has 1 amide bonds. The average Bonchev–Trinajstić information content (AvgIpc) is 2.72. The third kappa shape index (κ3) is 3.54. The van der Waals surface area contributed by atoms with Crippen molar-refractivity contribution in [1.29, 1.82) is 0 Å². The molecule has 3 heterocycles. The van der Waals surface area contributed by atoms with Crippen molar-refractivity contribution >= 4 is 5.91 Å². The molecule has 1 aliphatic carbocycles. The molecule has 5 nitrogen and oxygen atoms in total. The first kappa shape index (κ1) is 19.7. The lowest BCUT2D eigenvalue weighted by atomic mass is 9.74. The van der Waals surface area contributed by atoms with Crippen LogP contribution in [0.4, 0.5) is 0 Å². The summed E-state index contributed by atoms with van der Waals surface area (Å²) in [6.45, 7) is 2.87. The number of amides is 1. The average molecular weight is 406 g/mol. The van der Waals surface area contributed by atoms with E-state index >= 15 is 0 Å². The lowest BCUT2D eigenvalue weighted by Crippen LogP contribution is -2.68. The van der Waals surface area contributed by atoms with Crippen molar-refractivity contribution in [2.45, 2.75) is 50.1 Å². The number of fused-ring (bicyclic) bond motifs is 1. The van der Waals surface area contributed by atoms with Gasteiger partial charge in [0.05, 0.1) is 6.61 Å². The minimum atomic E-state index is 0.153. The van der Waals surface area contributed by atoms with E-state index in [2.05, 4.69) is 39.0 Å². The van der Waals surface area contributed by atoms with Gasteiger partial charge in [0.1, 0.15) is 0 Å². The molecule has 5 heteroatoms. The predicted octanol–water partition coefficient (Wildman–Crippen LogP) is 3.30. The van der Waals surface area contributed by atoms with Crippen molar-refractivity contribution in [3.63, 3.8) is 0 Å². The van der Waals surface area contributed by atoms with Crippen LogP contribution in [0.2, 0.25) is 0 Å². The van der Waals surface area contributed by atoms with Crippen LogP contribution in [0.25, 0.3) is 11.1 Å². The van der Waals surface area contributed by atoms with Gasteiger partial charge in [-0.2, -0.15) is 0 Å². The van der Waals surface area contributed by atoms with E-state index < -0.39 is 0 Å². The highest BCUT2D eigenvalue weighted by atomic mass is 16.3. The van der Waals surface area contributed by atoms with Gasteiger partial charge in [-0.25, -0.2) is 0 Å². The normalized spacial score (nSPS) is 27.4. The minimum absolute atomic E-state index is 0.153. The maximum Gasteiger partial charge on any atom is 0.225 e. The fourth-order valence-corrected chi connectivity index (χ4v) is 5.50. The van der Waals surface area contributed by atoms with E-state index in [1.165, 1.54) is 17.5 Å². The van der Waals surface area contributed by atoms with Crippen LogP contribution in [0.15, 0.2) is 48.8 Å². The zero-order valence-electron chi connectivity index (χ0n) is 17.5. The third-order valence-corrected chi connectivity index (χ3v) is 7.45. The summed E-state index contributed by atoms with van der Waals surface area (Å²) in [5.74, 6) is 0.892. The van der Waals surface area contributed by atoms with Gasteiger partial charge in [-0.1, -0.05) is 30.7 Å². The van der Waals surface area contributed by atoms with Gasteiger partial charge in [0.25, 0.3) is 0 Å². The number of carbonyl (C=O) groups excluding carboxylic acids is 1. The number of hydrogen-bond acceptors (Lipinski definition) is 4. The smallest absolute Gasteiger partial charge is 0.225 e. The van der Waals surface area contributed by atoms with Crippen LogP contribution in [0.1, 0.15) is 43.6 Å². The zero-order valence-corrected chi connectivity index (χ0v) is 17.5. The zero-order chi connectivity index (χ0) is 20.5. The molecule has 0 bridgehead atoms. The van der Waals surface area contributed by atoms with Crippen molar-refractivity contribution in [3.05, 3.63) is 54.4 Å². The molecule has 0 radical (unpaired) electrons. The summed E-state index contributed by atoms with van der Waals surface area (Å²) in [4.78, 5) is 21.6.